The van der Waals surface area contributed by atoms with E-state index in [0.29, 0.717) is 10.8 Å². The van der Waals surface area contributed by atoms with Crippen molar-refractivity contribution in [1.29, 1.82) is 0 Å². The van der Waals surface area contributed by atoms with E-state index in [1.165, 1.54) is 31.0 Å². The van der Waals surface area contributed by atoms with Gasteiger partial charge in [-0.25, -0.2) is 9.59 Å². The minimum absolute atomic E-state index is 0.00928. The highest BCUT2D eigenvalue weighted by molar-refractivity contribution is 7.99. The Labute approximate surface area is 218 Å². The lowest BCUT2D eigenvalue weighted by molar-refractivity contribution is -0.113. The van der Waals surface area contributed by atoms with Crippen molar-refractivity contribution in [3.63, 3.8) is 0 Å². The molecule has 2 aromatic heterocycles. The van der Waals surface area contributed by atoms with E-state index >= 15 is 0 Å². The maximum absolute atomic E-state index is 12.8. The van der Waals surface area contributed by atoms with Crippen LogP contribution in [0.5, 0.6) is 0 Å². The SMILES string of the molecule is CCOC(=O)c1sc(NC(=O)CSc2nnc(C34CC5CC(CC(C5)C3)C4)o2)c(C(=O)OCC)c1C. The molecule has 4 fully saturated rings. The fourth-order valence-corrected chi connectivity index (χ4v) is 8.25. The van der Waals surface area contributed by atoms with E-state index in [1.807, 2.05) is 0 Å². The van der Waals surface area contributed by atoms with Gasteiger partial charge in [-0.2, -0.15) is 0 Å². The third-order valence-electron chi connectivity index (χ3n) is 7.57. The highest BCUT2D eigenvalue weighted by atomic mass is 32.2. The normalized spacial score (nSPS) is 26.1. The Bertz CT molecular complexity index is 1140. The van der Waals surface area contributed by atoms with Crippen molar-refractivity contribution in [2.75, 3.05) is 24.3 Å². The largest absolute Gasteiger partial charge is 0.462 e. The Hall–Kier alpha value is -2.40. The molecule has 6 rings (SSSR count). The summed E-state index contributed by atoms with van der Waals surface area (Å²) in [7, 11) is 0. The van der Waals surface area contributed by atoms with Crippen LogP contribution in [-0.2, 0) is 19.7 Å². The fraction of sp³-hybridized carbons (Fsp3) is 0.640. The first kappa shape index (κ1) is 25.3. The molecule has 4 aliphatic carbocycles. The Balaban J connectivity index is 1.25. The number of carbonyl (C=O) groups excluding carboxylic acids is 3. The summed E-state index contributed by atoms with van der Waals surface area (Å²) in [6, 6.07) is 0. The first-order valence-corrected chi connectivity index (χ1v) is 14.4. The van der Waals surface area contributed by atoms with E-state index in [0.717, 1.165) is 54.2 Å². The third kappa shape index (κ3) is 4.79. The van der Waals surface area contributed by atoms with Crippen molar-refractivity contribution in [2.45, 2.75) is 69.9 Å². The van der Waals surface area contributed by atoms with Gasteiger partial charge in [0, 0.05) is 5.41 Å². The van der Waals surface area contributed by atoms with E-state index < -0.39 is 11.9 Å². The van der Waals surface area contributed by atoms with Gasteiger partial charge in [-0.3, -0.25) is 4.79 Å². The third-order valence-corrected chi connectivity index (χ3v) is 9.57. The van der Waals surface area contributed by atoms with Crippen LogP contribution < -0.4 is 5.32 Å². The zero-order chi connectivity index (χ0) is 25.4. The van der Waals surface area contributed by atoms with Gasteiger partial charge in [0.25, 0.3) is 5.22 Å². The van der Waals surface area contributed by atoms with Gasteiger partial charge < -0.3 is 19.2 Å². The molecule has 9 nitrogen and oxygen atoms in total. The van der Waals surface area contributed by atoms with Crippen LogP contribution in [0.15, 0.2) is 9.64 Å². The van der Waals surface area contributed by atoms with Gasteiger partial charge in [0.2, 0.25) is 11.8 Å². The quantitative estimate of drug-likeness (QED) is 0.351. The monoisotopic (exact) mass is 533 g/mol. The second-order valence-electron chi connectivity index (χ2n) is 10.1. The predicted octanol–water partition coefficient (Wildman–Crippen LogP) is 4.99. The van der Waals surface area contributed by atoms with Crippen LogP contribution in [-0.4, -0.2) is 47.0 Å². The minimum Gasteiger partial charge on any atom is -0.462 e. The smallest absolute Gasteiger partial charge is 0.348 e. The highest BCUT2D eigenvalue weighted by Gasteiger charge is 2.54. The molecule has 1 amide bonds. The second-order valence-corrected chi connectivity index (χ2v) is 12.1. The standard InChI is InChI=1S/C25H31N3O6S2/c1-4-32-21(30)18-13(3)19(22(31)33-5-2)36-20(18)26-17(29)12-35-24-28-27-23(34-24)25-9-14-6-15(10-25)8-16(7-14)11-25/h14-16H,4-12H2,1-3H3,(H,26,29). The molecule has 194 valence electrons. The Morgan fingerprint density at radius 2 is 1.64 bits per heavy atom. The number of thiophene rings is 1. The van der Waals surface area contributed by atoms with E-state index in [9.17, 15) is 14.4 Å². The van der Waals surface area contributed by atoms with Gasteiger partial charge in [-0.05, 0) is 82.6 Å². The van der Waals surface area contributed by atoms with Crippen LogP contribution in [0.1, 0.15) is 83.9 Å². The van der Waals surface area contributed by atoms with Crippen molar-refractivity contribution in [3.8, 4) is 0 Å². The van der Waals surface area contributed by atoms with Crippen LogP contribution in [0.25, 0.3) is 0 Å². The molecule has 0 atom stereocenters. The lowest BCUT2D eigenvalue weighted by Gasteiger charge is -2.55. The first-order valence-electron chi connectivity index (χ1n) is 12.6. The summed E-state index contributed by atoms with van der Waals surface area (Å²) in [5, 5.41) is 12.0. The molecular formula is C25H31N3O6S2. The van der Waals surface area contributed by atoms with Gasteiger partial charge in [0.05, 0.1) is 24.5 Å². The highest BCUT2D eigenvalue weighted by Crippen LogP contribution is 2.60. The summed E-state index contributed by atoms with van der Waals surface area (Å²) >= 11 is 2.17. The molecule has 0 aromatic carbocycles. The lowest BCUT2D eigenvalue weighted by Crippen LogP contribution is -2.48. The number of ether oxygens (including phenoxy) is 2. The van der Waals surface area contributed by atoms with Gasteiger partial charge in [-0.1, -0.05) is 11.8 Å². The zero-order valence-electron chi connectivity index (χ0n) is 20.8. The van der Waals surface area contributed by atoms with E-state index in [2.05, 4.69) is 15.5 Å². The molecule has 11 heteroatoms. The number of nitrogens with zero attached hydrogens (tertiary/aromatic N) is 2. The molecule has 0 spiro atoms. The maximum Gasteiger partial charge on any atom is 0.348 e. The summed E-state index contributed by atoms with van der Waals surface area (Å²) in [6.45, 7) is 5.43. The number of esters is 2. The number of nitrogens with one attached hydrogen (secondary N) is 1. The summed E-state index contributed by atoms with van der Waals surface area (Å²) in [5.74, 6) is 1.58. The number of thioether (sulfide) groups is 1. The number of anilines is 1. The topological polar surface area (TPSA) is 121 Å². The molecule has 2 aromatic rings. The molecule has 2 heterocycles. The molecule has 0 saturated heterocycles. The number of hydrogen-bond donors (Lipinski definition) is 1. The summed E-state index contributed by atoms with van der Waals surface area (Å²) in [4.78, 5) is 37.9. The maximum atomic E-state index is 12.8. The van der Waals surface area contributed by atoms with Gasteiger partial charge in [0.15, 0.2) is 0 Å². The Morgan fingerprint density at radius 3 is 2.25 bits per heavy atom. The van der Waals surface area contributed by atoms with E-state index in [1.54, 1.807) is 20.8 Å². The summed E-state index contributed by atoms with van der Waals surface area (Å²) in [5.41, 5.74) is 0.608. The molecule has 1 N–H and O–H groups in total. The van der Waals surface area contributed by atoms with Gasteiger partial charge in [0.1, 0.15) is 9.88 Å². The molecule has 0 aliphatic heterocycles. The number of hydrogen-bond acceptors (Lipinski definition) is 10. The first-order chi connectivity index (χ1) is 17.3. The molecule has 0 radical (unpaired) electrons. The summed E-state index contributed by atoms with van der Waals surface area (Å²) in [6.07, 6.45) is 7.39. The lowest BCUT2D eigenvalue weighted by atomic mass is 9.49. The summed E-state index contributed by atoms with van der Waals surface area (Å²) < 4.78 is 16.3. The van der Waals surface area contributed by atoms with Crippen LogP contribution in [0.2, 0.25) is 0 Å². The number of carbonyl (C=O) groups is 3. The second kappa shape index (κ2) is 10.2. The molecule has 4 bridgehead atoms. The average Bonchev–Trinajstić information content (AvgIpc) is 3.42. The van der Waals surface area contributed by atoms with Crippen molar-refractivity contribution in [2.24, 2.45) is 17.8 Å². The van der Waals surface area contributed by atoms with Gasteiger partial charge in [-0.15, -0.1) is 21.5 Å². The van der Waals surface area contributed by atoms with E-state index in [-0.39, 0.29) is 45.7 Å². The zero-order valence-corrected chi connectivity index (χ0v) is 22.4. The Kier molecular flexibility index (Phi) is 7.13. The van der Waals surface area contributed by atoms with Crippen molar-refractivity contribution < 1.29 is 28.3 Å². The molecule has 0 unspecified atom stereocenters. The number of rotatable bonds is 9. The predicted molar refractivity (Wildman–Crippen MR) is 134 cm³/mol. The van der Waals surface area contributed by atoms with Crippen LogP contribution in [0.3, 0.4) is 0 Å². The minimum atomic E-state index is -0.595. The molecule has 36 heavy (non-hydrogen) atoms. The number of aromatic nitrogens is 2. The number of amides is 1. The van der Waals surface area contributed by atoms with Gasteiger partial charge >= 0.3 is 11.9 Å². The molecule has 4 saturated carbocycles. The van der Waals surface area contributed by atoms with Crippen LogP contribution in [0, 0.1) is 24.7 Å². The van der Waals surface area contributed by atoms with Crippen LogP contribution in [0.4, 0.5) is 5.00 Å². The van der Waals surface area contributed by atoms with Crippen molar-refractivity contribution in [1.82, 2.24) is 10.2 Å². The van der Waals surface area contributed by atoms with Crippen molar-refractivity contribution >= 4 is 45.9 Å². The fourth-order valence-electron chi connectivity index (χ4n) is 6.59. The average molecular weight is 534 g/mol. The molecular weight excluding hydrogens is 502 g/mol. The van der Waals surface area contributed by atoms with E-state index in [4.69, 9.17) is 13.9 Å². The molecule has 4 aliphatic rings. The van der Waals surface area contributed by atoms with Crippen molar-refractivity contribution in [3.05, 3.63) is 21.9 Å². The van der Waals surface area contributed by atoms with Crippen LogP contribution >= 0.6 is 23.1 Å². The Morgan fingerprint density at radius 1 is 1.03 bits per heavy atom.